The summed E-state index contributed by atoms with van der Waals surface area (Å²) in [6.07, 6.45) is 0. The maximum Gasteiger partial charge on any atom is 0.345 e. The summed E-state index contributed by atoms with van der Waals surface area (Å²) in [4.78, 5) is 20.2. The van der Waals surface area contributed by atoms with Crippen molar-refractivity contribution in [3.63, 3.8) is 0 Å². The van der Waals surface area contributed by atoms with Gasteiger partial charge in [-0.05, 0) is 17.9 Å². The van der Waals surface area contributed by atoms with Crippen molar-refractivity contribution < 1.29 is 9.53 Å². The van der Waals surface area contributed by atoms with Crippen LogP contribution in [-0.2, 0) is 10.2 Å². The second-order valence-electron chi connectivity index (χ2n) is 6.24. The van der Waals surface area contributed by atoms with Gasteiger partial charge in [0.15, 0.2) is 5.82 Å². The Morgan fingerprint density at radius 1 is 1.09 bits per heavy atom. The lowest BCUT2D eigenvalue weighted by Gasteiger charge is -2.19. The van der Waals surface area contributed by atoms with E-state index in [-0.39, 0.29) is 29.2 Å². The van der Waals surface area contributed by atoms with E-state index < -0.39 is 5.97 Å². The Balaban J connectivity index is 2.40. The van der Waals surface area contributed by atoms with Crippen LogP contribution >= 0.6 is 0 Å². The quantitative estimate of drug-likeness (QED) is 0.844. The lowest BCUT2D eigenvalue weighted by Crippen LogP contribution is -2.15. The summed E-state index contributed by atoms with van der Waals surface area (Å²) in [5.74, 6) is -0.192. The normalized spacial score (nSPS) is 11.3. The minimum atomic E-state index is -0.614. The summed E-state index contributed by atoms with van der Waals surface area (Å²) >= 11 is 0. The number of nitrogen functional groups attached to an aromatic ring is 2. The number of carbonyl (C=O) groups excluding carboxylic acids is 1. The van der Waals surface area contributed by atoms with Gasteiger partial charge < -0.3 is 16.2 Å². The molecule has 0 aliphatic heterocycles. The molecular weight excluding hydrogens is 292 g/mol. The summed E-state index contributed by atoms with van der Waals surface area (Å²) < 4.78 is 4.91. The van der Waals surface area contributed by atoms with Crippen LogP contribution in [-0.4, -0.2) is 22.5 Å². The standard InChI is InChI=1S/C17H22N4O2/c1-5-23-16(22)12-13(18)20-15(21-14(12)19)10-6-8-11(9-7-10)17(2,3)4/h6-9H,5H2,1-4H3,(H4,18,19,20,21). The molecule has 0 aliphatic rings. The van der Waals surface area contributed by atoms with Gasteiger partial charge in [0.1, 0.15) is 17.2 Å². The summed E-state index contributed by atoms with van der Waals surface area (Å²) in [6, 6.07) is 7.87. The van der Waals surface area contributed by atoms with Crippen molar-refractivity contribution in [1.29, 1.82) is 0 Å². The highest BCUT2D eigenvalue weighted by Crippen LogP contribution is 2.27. The summed E-state index contributed by atoms with van der Waals surface area (Å²) in [5.41, 5.74) is 13.8. The van der Waals surface area contributed by atoms with Crippen molar-refractivity contribution in [2.75, 3.05) is 18.1 Å². The van der Waals surface area contributed by atoms with Crippen LogP contribution in [0.1, 0.15) is 43.6 Å². The molecule has 0 saturated heterocycles. The fraction of sp³-hybridized carbons (Fsp3) is 0.353. The topological polar surface area (TPSA) is 104 Å². The number of aromatic nitrogens is 2. The third-order valence-electron chi connectivity index (χ3n) is 3.45. The van der Waals surface area contributed by atoms with Gasteiger partial charge in [-0.25, -0.2) is 14.8 Å². The number of ether oxygens (including phenoxy) is 1. The number of carbonyl (C=O) groups is 1. The molecule has 2 aromatic rings. The third kappa shape index (κ3) is 3.59. The Bertz CT molecular complexity index is 695. The largest absolute Gasteiger partial charge is 0.462 e. The first-order valence-electron chi connectivity index (χ1n) is 7.45. The third-order valence-corrected chi connectivity index (χ3v) is 3.45. The van der Waals surface area contributed by atoms with Crippen LogP contribution in [0.15, 0.2) is 24.3 Å². The highest BCUT2D eigenvalue weighted by molar-refractivity contribution is 5.99. The molecule has 0 atom stereocenters. The lowest BCUT2D eigenvalue weighted by molar-refractivity contribution is 0.0528. The molecule has 6 heteroatoms. The van der Waals surface area contributed by atoms with E-state index in [1.54, 1.807) is 6.92 Å². The smallest absolute Gasteiger partial charge is 0.345 e. The second kappa shape index (κ2) is 6.24. The zero-order chi connectivity index (χ0) is 17.2. The predicted octanol–water partition coefficient (Wildman–Crippen LogP) is 2.78. The first-order valence-corrected chi connectivity index (χ1v) is 7.45. The van der Waals surface area contributed by atoms with Gasteiger partial charge in [-0.1, -0.05) is 45.0 Å². The molecule has 1 heterocycles. The van der Waals surface area contributed by atoms with E-state index in [0.717, 1.165) is 5.56 Å². The predicted molar refractivity (Wildman–Crippen MR) is 90.9 cm³/mol. The van der Waals surface area contributed by atoms with Crippen LogP contribution in [0.5, 0.6) is 0 Å². The van der Waals surface area contributed by atoms with Crippen LogP contribution in [0, 0.1) is 0 Å². The van der Waals surface area contributed by atoms with Gasteiger partial charge in [-0.3, -0.25) is 0 Å². The van der Waals surface area contributed by atoms with Gasteiger partial charge in [0, 0.05) is 5.56 Å². The van der Waals surface area contributed by atoms with Crippen molar-refractivity contribution in [3.8, 4) is 11.4 Å². The molecule has 0 radical (unpaired) electrons. The highest BCUT2D eigenvalue weighted by Gasteiger charge is 2.20. The molecule has 1 aromatic heterocycles. The average molecular weight is 314 g/mol. The van der Waals surface area contributed by atoms with E-state index in [0.29, 0.717) is 5.82 Å². The molecule has 23 heavy (non-hydrogen) atoms. The molecule has 122 valence electrons. The van der Waals surface area contributed by atoms with Crippen LogP contribution in [0.4, 0.5) is 11.6 Å². The summed E-state index contributed by atoms with van der Waals surface area (Å²) in [6.45, 7) is 8.36. The molecule has 0 bridgehead atoms. The number of nitrogens with zero attached hydrogens (tertiary/aromatic N) is 2. The zero-order valence-corrected chi connectivity index (χ0v) is 13.9. The molecule has 0 fully saturated rings. The van der Waals surface area contributed by atoms with Gasteiger partial charge in [0.05, 0.1) is 6.61 Å². The number of hydrogen-bond acceptors (Lipinski definition) is 6. The van der Waals surface area contributed by atoms with Crippen LogP contribution in [0.2, 0.25) is 0 Å². The molecule has 2 rings (SSSR count). The van der Waals surface area contributed by atoms with Gasteiger partial charge in [0.2, 0.25) is 0 Å². The minimum absolute atomic E-state index is 0.0157. The van der Waals surface area contributed by atoms with Crippen molar-refractivity contribution >= 4 is 17.6 Å². The van der Waals surface area contributed by atoms with Crippen molar-refractivity contribution in [1.82, 2.24) is 9.97 Å². The molecule has 1 aromatic carbocycles. The lowest BCUT2D eigenvalue weighted by atomic mass is 9.87. The molecular formula is C17H22N4O2. The summed E-state index contributed by atoms with van der Waals surface area (Å²) in [5, 5.41) is 0. The van der Waals surface area contributed by atoms with Crippen molar-refractivity contribution in [3.05, 3.63) is 35.4 Å². The van der Waals surface area contributed by atoms with Gasteiger partial charge in [0.25, 0.3) is 0 Å². The van der Waals surface area contributed by atoms with Crippen LogP contribution < -0.4 is 11.5 Å². The van der Waals surface area contributed by atoms with E-state index in [1.165, 1.54) is 5.56 Å². The fourth-order valence-corrected chi connectivity index (χ4v) is 2.16. The van der Waals surface area contributed by atoms with E-state index in [9.17, 15) is 4.79 Å². The number of anilines is 2. The second-order valence-corrected chi connectivity index (χ2v) is 6.24. The SMILES string of the molecule is CCOC(=O)c1c(N)nc(-c2ccc(C(C)(C)C)cc2)nc1N. The molecule has 0 unspecified atom stereocenters. The van der Waals surface area contributed by atoms with Crippen molar-refractivity contribution in [2.24, 2.45) is 0 Å². The fourth-order valence-electron chi connectivity index (χ4n) is 2.16. The Kier molecular flexibility index (Phi) is 4.54. The van der Waals surface area contributed by atoms with E-state index in [4.69, 9.17) is 16.2 Å². The molecule has 4 N–H and O–H groups in total. The average Bonchev–Trinajstić information content (AvgIpc) is 2.46. The molecule has 0 saturated carbocycles. The van der Waals surface area contributed by atoms with Gasteiger partial charge in [-0.15, -0.1) is 0 Å². The Morgan fingerprint density at radius 2 is 1.61 bits per heavy atom. The van der Waals surface area contributed by atoms with Crippen LogP contribution in [0.3, 0.4) is 0 Å². The first kappa shape index (κ1) is 16.7. The number of esters is 1. The number of benzene rings is 1. The Labute approximate surface area is 135 Å². The van der Waals surface area contributed by atoms with Crippen molar-refractivity contribution in [2.45, 2.75) is 33.1 Å². The van der Waals surface area contributed by atoms with E-state index >= 15 is 0 Å². The molecule has 0 aliphatic carbocycles. The van der Waals surface area contributed by atoms with Crippen LogP contribution in [0.25, 0.3) is 11.4 Å². The van der Waals surface area contributed by atoms with Gasteiger partial charge in [-0.2, -0.15) is 0 Å². The zero-order valence-electron chi connectivity index (χ0n) is 13.9. The monoisotopic (exact) mass is 314 g/mol. The van der Waals surface area contributed by atoms with E-state index in [2.05, 4.69) is 30.7 Å². The maximum atomic E-state index is 11.8. The number of nitrogens with two attached hydrogens (primary N) is 2. The molecule has 6 nitrogen and oxygen atoms in total. The first-order chi connectivity index (χ1) is 10.7. The maximum absolute atomic E-state index is 11.8. The minimum Gasteiger partial charge on any atom is -0.462 e. The number of hydrogen-bond donors (Lipinski definition) is 2. The van der Waals surface area contributed by atoms with E-state index in [1.807, 2.05) is 24.3 Å². The highest BCUT2D eigenvalue weighted by atomic mass is 16.5. The molecule has 0 spiro atoms. The Hall–Kier alpha value is -2.63. The summed E-state index contributed by atoms with van der Waals surface area (Å²) in [7, 11) is 0. The molecule has 0 amide bonds. The van der Waals surface area contributed by atoms with Gasteiger partial charge >= 0.3 is 5.97 Å². The Morgan fingerprint density at radius 3 is 2.04 bits per heavy atom. The number of rotatable bonds is 3.